The van der Waals surface area contributed by atoms with Gasteiger partial charge >= 0.3 is 0 Å². The summed E-state index contributed by atoms with van der Waals surface area (Å²) in [6.07, 6.45) is 1.56. The Labute approximate surface area is 205 Å². The highest BCUT2D eigenvalue weighted by atomic mass is 16.6. The second-order valence-corrected chi connectivity index (χ2v) is 7.93. The van der Waals surface area contributed by atoms with Crippen LogP contribution in [0.15, 0.2) is 113 Å². The van der Waals surface area contributed by atoms with Crippen LogP contribution in [0.1, 0.15) is 11.1 Å². The lowest BCUT2D eigenvalue weighted by Crippen LogP contribution is -2.20. The number of fused-ring (bicyclic) bond motifs is 1. The molecule has 0 fully saturated rings. The van der Waals surface area contributed by atoms with Gasteiger partial charge in [-0.25, -0.2) is 4.98 Å². The van der Waals surface area contributed by atoms with Gasteiger partial charge in [-0.1, -0.05) is 54.6 Å². The summed E-state index contributed by atoms with van der Waals surface area (Å²) in [5.74, 6) is 0.988. The number of ether oxygens (including phenoxy) is 1. The molecule has 0 spiro atoms. The molecule has 0 aliphatic heterocycles. The van der Waals surface area contributed by atoms with Gasteiger partial charge in [-0.15, -0.1) is 0 Å². The van der Waals surface area contributed by atoms with Crippen LogP contribution >= 0.6 is 0 Å². The van der Waals surface area contributed by atoms with E-state index in [1.54, 1.807) is 42.6 Å². The largest absolute Gasteiger partial charge is 0.488 e. The van der Waals surface area contributed by atoms with Gasteiger partial charge < -0.3 is 4.74 Å². The minimum atomic E-state index is -0.441. The number of non-ortho nitro benzene ring substituents is 1. The van der Waals surface area contributed by atoms with Gasteiger partial charge in [0.25, 0.3) is 11.2 Å². The van der Waals surface area contributed by atoms with Gasteiger partial charge in [-0.2, -0.15) is 9.78 Å². The Morgan fingerprint density at radius 3 is 2.36 bits per heavy atom. The maximum absolute atomic E-state index is 13.3. The number of nitrogens with zero attached hydrogens (tertiary/aromatic N) is 4. The first kappa shape index (κ1) is 22.7. The van der Waals surface area contributed by atoms with Gasteiger partial charge in [-0.3, -0.25) is 14.9 Å². The molecule has 5 aromatic rings. The van der Waals surface area contributed by atoms with E-state index >= 15 is 0 Å². The Morgan fingerprint density at radius 2 is 1.58 bits per heavy atom. The molecule has 8 heteroatoms. The molecule has 0 saturated carbocycles. The fourth-order valence-electron chi connectivity index (χ4n) is 3.72. The third kappa shape index (κ3) is 4.74. The van der Waals surface area contributed by atoms with Crippen LogP contribution < -0.4 is 10.3 Å². The first-order valence-electron chi connectivity index (χ1n) is 11.2. The molecule has 0 unspecified atom stereocenters. The quantitative estimate of drug-likeness (QED) is 0.177. The van der Waals surface area contributed by atoms with Crippen molar-refractivity contribution in [3.63, 3.8) is 0 Å². The van der Waals surface area contributed by atoms with E-state index in [0.717, 1.165) is 11.1 Å². The van der Waals surface area contributed by atoms with Crippen molar-refractivity contribution in [2.24, 2.45) is 5.10 Å². The molecule has 0 saturated heterocycles. The standard InChI is InChI=1S/C28H20N4O4/c33-28-24-11-5-6-12-25(24)30-27(21-8-2-1-3-9-21)31(28)29-18-22-10-4-7-13-26(22)36-19-20-14-16-23(17-15-20)32(34)35/h1-18H,19H2. The summed E-state index contributed by atoms with van der Waals surface area (Å²) in [6.45, 7) is 0.218. The van der Waals surface area contributed by atoms with E-state index in [4.69, 9.17) is 9.72 Å². The van der Waals surface area contributed by atoms with Crippen molar-refractivity contribution in [1.82, 2.24) is 9.66 Å². The Kier molecular flexibility index (Phi) is 6.31. The summed E-state index contributed by atoms with van der Waals surface area (Å²) in [7, 11) is 0. The second kappa shape index (κ2) is 10.0. The SMILES string of the molecule is O=c1c2ccccc2nc(-c2ccccc2)n1N=Cc1ccccc1OCc1ccc([N+](=O)[O-])cc1. The molecule has 0 amide bonds. The van der Waals surface area contributed by atoms with Gasteiger partial charge in [0.1, 0.15) is 12.4 Å². The van der Waals surface area contributed by atoms with Crippen molar-refractivity contribution in [2.45, 2.75) is 6.61 Å². The van der Waals surface area contributed by atoms with E-state index in [0.29, 0.717) is 28.0 Å². The zero-order valence-corrected chi connectivity index (χ0v) is 19.0. The average molecular weight is 476 g/mol. The summed E-state index contributed by atoms with van der Waals surface area (Å²) in [5, 5.41) is 15.8. The van der Waals surface area contributed by atoms with Crippen molar-refractivity contribution >= 4 is 22.8 Å². The van der Waals surface area contributed by atoms with Crippen molar-refractivity contribution in [3.05, 3.63) is 135 Å². The second-order valence-electron chi connectivity index (χ2n) is 7.93. The van der Waals surface area contributed by atoms with E-state index in [9.17, 15) is 14.9 Å². The number of hydrogen-bond donors (Lipinski definition) is 0. The lowest BCUT2D eigenvalue weighted by atomic mass is 10.2. The summed E-state index contributed by atoms with van der Waals surface area (Å²) >= 11 is 0. The summed E-state index contributed by atoms with van der Waals surface area (Å²) in [5.41, 5.74) is 2.56. The smallest absolute Gasteiger partial charge is 0.282 e. The van der Waals surface area contributed by atoms with Crippen LogP contribution in [0.5, 0.6) is 5.75 Å². The van der Waals surface area contributed by atoms with Gasteiger partial charge in [0.2, 0.25) is 0 Å². The topological polar surface area (TPSA) is 99.6 Å². The maximum Gasteiger partial charge on any atom is 0.282 e. The number of aromatic nitrogens is 2. The molecule has 0 bridgehead atoms. The van der Waals surface area contributed by atoms with Crippen molar-refractivity contribution in [1.29, 1.82) is 0 Å². The Balaban J connectivity index is 1.49. The number of rotatable bonds is 7. The average Bonchev–Trinajstić information content (AvgIpc) is 2.92. The molecule has 1 aromatic heterocycles. The predicted octanol–water partition coefficient (Wildman–Crippen LogP) is 5.43. The first-order chi connectivity index (χ1) is 17.6. The number of hydrogen-bond acceptors (Lipinski definition) is 6. The minimum absolute atomic E-state index is 0.0231. The third-order valence-corrected chi connectivity index (χ3v) is 5.56. The minimum Gasteiger partial charge on any atom is -0.488 e. The van der Waals surface area contributed by atoms with Crippen molar-refractivity contribution < 1.29 is 9.66 Å². The zero-order chi connectivity index (χ0) is 24.9. The number of benzene rings is 4. The highest BCUT2D eigenvalue weighted by Gasteiger charge is 2.12. The molecule has 1 heterocycles. The van der Waals surface area contributed by atoms with Crippen LogP contribution in [-0.4, -0.2) is 20.8 Å². The van der Waals surface area contributed by atoms with Crippen LogP contribution in [0.3, 0.4) is 0 Å². The number of para-hydroxylation sites is 2. The molecule has 0 atom stereocenters. The highest BCUT2D eigenvalue weighted by Crippen LogP contribution is 2.21. The monoisotopic (exact) mass is 476 g/mol. The van der Waals surface area contributed by atoms with Gasteiger partial charge in [0.15, 0.2) is 5.82 Å². The van der Waals surface area contributed by atoms with E-state index in [1.807, 2.05) is 54.6 Å². The molecular formula is C28H20N4O4. The predicted molar refractivity (Wildman–Crippen MR) is 138 cm³/mol. The van der Waals surface area contributed by atoms with Gasteiger partial charge in [0, 0.05) is 23.3 Å². The van der Waals surface area contributed by atoms with Gasteiger partial charge in [-0.05, 0) is 42.0 Å². The highest BCUT2D eigenvalue weighted by molar-refractivity contribution is 5.84. The van der Waals surface area contributed by atoms with Gasteiger partial charge in [0.05, 0.1) is 22.0 Å². The third-order valence-electron chi connectivity index (χ3n) is 5.56. The fourth-order valence-corrected chi connectivity index (χ4v) is 3.72. The normalized spacial score (nSPS) is 11.1. The van der Waals surface area contributed by atoms with Crippen molar-refractivity contribution in [3.8, 4) is 17.1 Å². The Bertz CT molecular complexity index is 1630. The Hall–Kier alpha value is -5.11. The number of nitro benzene ring substituents is 1. The molecule has 36 heavy (non-hydrogen) atoms. The van der Waals surface area contributed by atoms with Crippen LogP contribution in [0.25, 0.3) is 22.3 Å². The molecule has 176 valence electrons. The molecule has 8 nitrogen and oxygen atoms in total. The summed E-state index contributed by atoms with van der Waals surface area (Å²) in [4.78, 5) is 28.5. The first-order valence-corrected chi connectivity index (χ1v) is 11.2. The molecule has 0 N–H and O–H groups in total. The van der Waals surface area contributed by atoms with Crippen LogP contribution in [-0.2, 0) is 6.61 Å². The molecular weight excluding hydrogens is 456 g/mol. The van der Waals surface area contributed by atoms with Crippen LogP contribution in [0, 0.1) is 10.1 Å². The lowest BCUT2D eigenvalue weighted by molar-refractivity contribution is -0.384. The number of nitro groups is 1. The molecule has 5 rings (SSSR count). The fraction of sp³-hybridized carbons (Fsp3) is 0.0357. The maximum atomic E-state index is 13.3. The summed E-state index contributed by atoms with van der Waals surface area (Å²) < 4.78 is 7.26. The van der Waals surface area contributed by atoms with Crippen LogP contribution in [0.2, 0.25) is 0 Å². The molecule has 0 radical (unpaired) electrons. The Morgan fingerprint density at radius 1 is 0.889 bits per heavy atom. The van der Waals surface area contributed by atoms with E-state index < -0.39 is 4.92 Å². The molecule has 0 aliphatic rings. The zero-order valence-electron chi connectivity index (χ0n) is 19.0. The summed E-state index contributed by atoms with van der Waals surface area (Å²) in [6, 6.07) is 30.1. The molecule has 0 aliphatic carbocycles. The van der Waals surface area contributed by atoms with Crippen LogP contribution in [0.4, 0.5) is 5.69 Å². The van der Waals surface area contributed by atoms with E-state index in [1.165, 1.54) is 16.8 Å². The van der Waals surface area contributed by atoms with E-state index in [-0.39, 0.29) is 17.9 Å². The lowest BCUT2D eigenvalue weighted by Gasteiger charge is -2.11. The van der Waals surface area contributed by atoms with Crippen molar-refractivity contribution in [2.75, 3.05) is 0 Å². The molecule has 4 aromatic carbocycles. The van der Waals surface area contributed by atoms with E-state index in [2.05, 4.69) is 5.10 Å².